The highest BCUT2D eigenvalue weighted by atomic mass is 15.3. The molecule has 1 saturated heterocycles. The van der Waals surface area contributed by atoms with Gasteiger partial charge in [-0.15, -0.1) is 0 Å². The number of nitrogens with zero attached hydrogens (tertiary/aromatic N) is 5. The van der Waals surface area contributed by atoms with E-state index in [0.717, 1.165) is 38.8 Å². The zero-order chi connectivity index (χ0) is 15.4. The quantitative estimate of drug-likeness (QED) is 0.880. The fourth-order valence-corrected chi connectivity index (χ4v) is 3.23. The van der Waals surface area contributed by atoms with Crippen molar-refractivity contribution >= 4 is 17.8 Å². The smallest absolute Gasteiger partial charge is 0.231 e. The van der Waals surface area contributed by atoms with Gasteiger partial charge in [0.15, 0.2) is 0 Å². The first-order valence-corrected chi connectivity index (χ1v) is 8.13. The molecule has 3 rings (SSSR count). The molecule has 1 aromatic rings. The van der Waals surface area contributed by atoms with E-state index in [2.05, 4.69) is 36.6 Å². The summed E-state index contributed by atoms with van der Waals surface area (Å²) in [6.45, 7) is 1.96. The lowest BCUT2D eigenvalue weighted by atomic mass is 9.83. The Morgan fingerprint density at radius 1 is 1.00 bits per heavy atom. The van der Waals surface area contributed by atoms with E-state index in [1.165, 1.54) is 19.3 Å². The summed E-state index contributed by atoms with van der Waals surface area (Å²) in [4.78, 5) is 15.6. The Labute approximate surface area is 131 Å². The van der Waals surface area contributed by atoms with Crippen molar-refractivity contribution in [2.75, 3.05) is 35.7 Å². The van der Waals surface area contributed by atoms with Crippen LogP contribution in [0.15, 0.2) is 0 Å². The average Bonchev–Trinajstić information content (AvgIpc) is 3.10. The third-order valence-corrected chi connectivity index (χ3v) is 4.51. The van der Waals surface area contributed by atoms with E-state index >= 15 is 0 Å². The van der Waals surface area contributed by atoms with Crippen LogP contribution in [-0.4, -0.2) is 40.6 Å². The molecule has 1 saturated carbocycles. The second kappa shape index (κ2) is 6.34. The van der Waals surface area contributed by atoms with E-state index < -0.39 is 5.54 Å². The topological polar surface area (TPSA) is 89.8 Å². The van der Waals surface area contributed by atoms with Crippen molar-refractivity contribution in [3.63, 3.8) is 0 Å². The van der Waals surface area contributed by atoms with Gasteiger partial charge in [-0.25, -0.2) is 0 Å². The molecule has 1 aliphatic carbocycles. The average molecular weight is 301 g/mol. The Morgan fingerprint density at radius 2 is 1.68 bits per heavy atom. The first-order chi connectivity index (χ1) is 10.7. The summed E-state index contributed by atoms with van der Waals surface area (Å²) in [5.74, 6) is 1.75. The van der Waals surface area contributed by atoms with Crippen LogP contribution in [0.4, 0.5) is 17.8 Å². The van der Waals surface area contributed by atoms with Crippen LogP contribution in [0.25, 0.3) is 0 Å². The fourth-order valence-electron chi connectivity index (χ4n) is 3.23. The number of aromatic nitrogens is 3. The summed E-state index contributed by atoms with van der Waals surface area (Å²) in [7, 11) is 1.80. The minimum absolute atomic E-state index is 0.504. The van der Waals surface area contributed by atoms with Crippen molar-refractivity contribution in [2.24, 2.45) is 0 Å². The molecule has 2 N–H and O–H groups in total. The summed E-state index contributed by atoms with van der Waals surface area (Å²) in [6, 6.07) is 2.45. The number of hydrogen-bond donors (Lipinski definition) is 2. The SMILES string of the molecule is CNc1nc(NC2(C#N)CCCCC2)nc(N2CCCC2)n1. The summed E-state index contributed by atoms with van der Waals surface area (Å²) in [5, 5.41) is 15.9. The highest BCUT2D eigenvalue weighted by Gasteiger charge is 2.33. The zero-order valence-electron chi connectivity index (χ0n) is 13.1. The lowest BCUT2D eigenvalue weighted by Crippen LogP contribution is -2.39. The highest BCUT2D eigenvalue weighted by Crippen LogP contribution is 2.31. The molecule has 0 aromatic carbocycles. The molecule has 1 aliphatic heterocycles. The first-order valence-electron chi connectivity index (χ1n) is 8.13. The number of nitriles is 1. The summed E-state index contributed by atoms with van der Waals surface area (Å²) < 4.78 is 0. The van der Waals surface area contributed by atoms with E-state index in [0.29, 0.717) is 17.8 Å². The van der Waals surface area contributed by atoms with Gasteiger partial charge in [-0.05, 0) is 25.7 Å². The molecule has 0 spiro atoms. The normalized spacial score (nSPS) is 20.5. The summed E-state index contributed by atoms with van der Waals surface area (Å²) in [5.41, 5.74) is -0.535. The maximum Gasteiger partial charge on any atom is 0.231 e. The van der Waals surface area contributed by atoms with Crippen molar-refractivity contribution in [1.82, 2.24) is 15.0 Å². The van der Waals surface area contributed by atoms with E-state index in [-0.39, 0.29) is 0 Å². The highest BCUT2D eigenvalue weighted by molar-refractivity contribution is 5.46. The van der Waals surface area contributed by atoms with Gasteiger partial charge in [-0.1, -0.05) is 19.3 Å². The van der Waals surface area contributed by atoms with Gasteiger partial charge in [0.05, 0.1) is 6.07 Å². The number of rotatable bonds is 4. The van der Waals surface area contributed by atoms with Gasteiger partial charge < -0.3 is 15.5 Å². The number of nitrogens with one attached hydrogen (secondary N) is 2. The molecule has 0 amide bonds. The van der Waals surface area contributed by atoms with Crippen molar-refractivity contribution < 1.29 is 0 Å². The van der Waals surface area contributed by atoms with Gasteiger partial charge in [-0.3, -0.25) is 0 Å². The lowest BCUT2D eigenvalue weighted by molar-refractivity contribution is 0.390. The monoisotopic (exact) mass is 301 g/mol. The Hall–Kier alpha value is -2.10. The molecule has 0 atom stereocenters. The zero-order valence-corrected chi connectivity index (χ0v) is 13.1. The number of hydrogen-bond acceptors (Lipinski definition) is 7. The fraction of sp³-hybridized carbons (Fsp3) is 0.733. The standard InChI is InChI=1S/C15H23N7/c1-17-12-18-13(20-14(19-12)22-9-5-6-10-22)21-15(11-16)7-3-2-4-8-15/h2-10H2,1H3,(H2,17,18,19,20,21). The van der Waals surface area contributed by atoms with Crippen LogP contribution in [-0.2, 0) is 0 Å². The minimum Gasteiger partial charge on any atom is -0.357 e. The van der Waals surface area contributed by atoms with Gasteiger partial charge in [0.25, 0.3) is 0 Å². The maximum absolute atomic E-state index is 9.60. The molecule has 2 fully saturated rings. The predicted octanol–water partition coefficient (Wildman–Crippen LogP) is 2.15. The molecule has 7 heteroatoms. The Kier molecular flexibility index (Phi) is 4.27. The summed E-state index contributed by atoms with van der Waals surface area (Å²) in [6.07, 6.45) is 7.39. The number of anilines is 3. The maximum atomic E-state index is 9.60. The molecule has 22 heavy (non-hydrogen) atoms. The van der Waals surface area contributed by atoms with Crippen LogP contribution in [0, 0.1) is 11.3 Å². The molecular weight excluding hydrogens is 278 g/mol. The van der Waals surface area contributed by atoms with E-state index in [4.69, 9.17) is 0 Å². The Balaban J connectivity index is 1.85. The molecule has 0 unspecified atom stereocenters. The molecule has 7 nitrogen and oxygen atoms in total. The Morgan fingerprint density at radius 3 is 2.32 bits per heavy atom. The lowest BCUT2D eigenvalue weighted by Gasteiger charge is -2.31. The van der Waals surface area contributed by atoms with Gasteiger partial charge in [-0.2, -0.15) is 20.2 Å². The second-order valence-corrected chi connectivity index (χ2v) is 6.11. The molecule has 118 valence electrons. The van der Waals surface area contributed by atoms with Gasteiger partial charge in [0, 0.05) is 20.1 Å². The van der Waals surface area contributed by atoms with Crippen LogP contribution in [0.1, 0.15) is 44.9 Å². The van der Waals surface area contributed by atoms with Crippen LogP contribution in [0.3, 0.4) is 0 Å². The van der Waals surface area contributed by atoms with Gasteiger partial charge in [0.2, 0.25) is 17.8 Å². The Bertz CT molecular complexity index is 553. The minimum atomic E-state index is -0.535. The summed E-state index contributed by atoms with van der Waals surface area (Å²) >= 11 is 0. The second-order valence-electron chi connectivity index (χ2n) is 6.11. The van der Waals surface area contributed by atoms with Crippen molar-refractivity contribution in [2.45, 2.75) is 50.5 Å². The predicted molar refractivity (Wildman–Crippen MR) is 85.9 cm³/mol. The van der Waals surface area contributed by atoms with Crippen molar-refractivity contribution in [1.29, 1.82) is 5.26 Å². The largest absolute Gasteiger partial charge is 0.357 e. The molecule has 2 aliphatic rings. The van der Waals surface area contributed by atoms with E-state index in [1.807, 2.05) is 0 Å². The third-order valence-electron chi connectivity index (χ3n) is 4.51. The molecule has 2 heterocycles. The van der Waals surface area contributed by atoms with Crippen LogP contribution < -0.4 is 15.5 Å². The van der Waals surface area contributed by atoms with E-state index in [1.54, 1.807) is 7.05 Å². The van der Waals surface area contributed by atoms with Crippen LogP contribution >= 0.6 is 0 Å². The van der Waals surface area contributed by atoms with E-state index in [9.17, 15) is 5.26 Å². The van der Waals surface area contributed by atoms with Crippen LogP contribution in [0.5, 0.6) is 0 Å². The van der Waals surface area contributed by atoms with Gasteiger partial charge in [0.1, 0.15) is 5.54 Å². The molecule has 0 bridgehead atoms. The van der Waals surface area contributed by atoms with Gasteiger partial charge >= 0.3 is 0 Å². The van der Waals surface area contributed by atoms with Crippen molar-refractivity contribution in [3.05, 3.63) is 0 Å². The molecule has 1 aromatic heterocycles. The van der Waals surface area contributed by atoms with Crippen LogP contribution in [0.2, 0.25) is 0 Å². The first kappa shape index (κ1) is 14.8. The molecule has 0 radical (unpaired) electrons. The van der Waals surface area contributed by atoms with Crippen molar-refractivity contribution in [3.8, 4) is 6.07 Å². The third kappa shape index (κ3) is 3.06. The molecular formula is C15H23N7.